The number of aromatic nitrogens is 4. The van der Waals surface area contributed by atoms with E-state index in [1.165, 1.54) is 23.1 Å². The van der Waals surface area contributed by atoms with Crippen LogP contribution in [0.15, 0.2) is 8.86 Å². The highest BCUT2D eigenvalue weighted by Crippen LogP contribution is 2.26. The van der Waals surface area contributed by atoms with Crippen molar-refractivity contribution in [1.29, 1.82) is 0 Å². The largest absolute Gasteiger partial charge is 0.368 e. The van der Waals surface area contributed by atoms with Gasteiger partial charge in [-0.2, -0.15) is 4.98 Å². The molecule has 0 bridgehead atoms. The van der Waals surface area contributed by atoms with E-state index in [2.05, 4.69) is 25.7 Å². The summed E-state index contributed by atoms with van der Waals surface area (Å²) >= 11 is 2.83. The third-order valence-corrected chi connectivity index (χ3v) is 4.94. The summed E-state index contributed by atoms with van der Waals surface area (Å²) in [6, 6.07) is 0. The Hall–Kier alpha value is -1.52. The molecule has 0 aliphatic carbocycles. The van der Waals surface area contributed by atoms with Gasteiger partial charge in [0.25, 0.3) is 5.89 Å². The number of aryl methyl sites for hydroxylation is 1. The van der Waals surface area contributed by atoms with E-state index in [1.54, 1.807) is 0 Å². The van der Waals surface area contributed by atoms with E-state index in [0.29, 0.717) is 11.7 Å². The molecule has 1 atom stereocenters. The maximum atomic E-state index is 11.8. The first-order chi connectivity index (χ1) is 10.7. The van der Waals surface area contributed by atoms with E-state index in [9.17, 15) is 4.79 Å². The first-order valence-electron chi connectivity index (χ1n) is 6.84. The summed E-state index contributed by atoms with van der Waals surface area (Å²) in [7, 11) is 0. The van der Waals surface area contributed by atoms with Crippen LogP contribution in [0.5, 0.6) is 0 Å². The van der Waals surface area contributed by atoms with Crippen molar-refractivity contribution in [2.24, 2.45) is 0 Å². The summed E-state index contributed by atoms with van der Waals surface area (Å²) in [5, 5.41) is 15.3. The fraction of sp³-hybridized carbons (Fsp3) is 0.583. The zero-order chi connectivity index (χ0) is 15.4. The highest BCUT2D eigenvalue weighted by atomic mass is 32.2. The lowest BCUT2D eigenvalue weighted by molar-refractivity contribution is -0.118. The van der Waals surface area contributed by atoms with Gasteiger partial charge in [0.15, 0.2) is 10.2 Å². The molecular formula is C12H15N5O3S2. The number of carbonyl (C=O) groups is 1. The van der Waals surface area contributed by atoms with Crippen molar-refractivity contribution >= 4 is 29.0 Å². The minimum Gasteiger partial charge on any atom is -0.368 e. The van der Waals surface area contributed by atoms with Gasteiger partial charge < -0.3 is 14.6 Å². The van der Waals surface area contributed by atoms with Gasteiger partial charge >= 0.3 is 0 Å². The predicted octanol–water partition coefficient (Wildman–Crippen LogP) is 1.49. The molecule has 8 nitrogen and oxygen atoms in total. The van der Waals surface area contributed by atoms with Gasteiger partial charge in [-0.25, -0.2) is 0 Å². The Balaban J connectivity index is 1.42. The second-order valence-corrected chi connectivity index (χ2v) is 7.11. The highest BCUT2D eigenvalue weighted by Gasteiger charge is 2.23. The zero-order valence-electron chi connectivity index (χ0n) is 11.9. The van der Waals surface area contributed by atoms with E-state index >= 15 is 0 Å². The smallest absolute Gasteiger partial charge is 0.255 e. The summed E-state index contributed by atoms with van der Waals surface area (Å²) in [4.78, 5) is 16.0. The van der Waals surface area contributed by atoms with Crippen LogP contribution >= 0.6 is 23.1 Å². The monoisotopic (exact) mass is 341 g/mol. The van der Waals surface area contributed by atoms with Gasteiger partial charge in [0.1, 0.15) is 11.1 Å². The highest BCUT2D eigenvalue weighted by molar-refractivity contribution is 8.01. The Morgan fingerprint density at radius 1 is 1.50 bits per heavy atom. The van der Waals surface area contributed by atoms with Crippen molar-refractivity contribution in [3.05, 3.63) is 16.7 Å². The Morgan fingerprint density at radius 2 is 2.41 bits per heavy atom. The lowest BCUT2D eigenvalue weighted by atomic mass is 10.2. The molecule has 2 aromatic heterocycles. The predicted molar refractivity (Wildman–Crippen MR) is 79.4 cm³/mol. The Bertz CT molecular complexity index is 638. The SMILES string of the molecule is Cc1nnc(SCC(=O)NCc2noc(C3CCCO3)n2)s1. The van der Waals surface area contributed by atoms with Gasteiger partial charge in [0.05, 0.1) is 12.3 Å². The van der Waals surface area contributed by atoms with Crippen LogP contribution in [0.25, 0.3) is 0 Å². The van der Waals surface area contributed by atoms with Crippen LogP contribution in [0.1, 0.15) is 35.7 Å². The first-order valence-corrected chi connectivity index (χ1v) is 8.64. The zero-order valence-corrected chi connectivity index (χ0v) is 13.6. The third kappa shape index (κ3) is 4.02. The van der Waals surface area contributed by atoms with Crippen molar-refractivity contribution in [3.63, 3.8) is 0 Å². The second-order valence-electron chi connectivity index (χ2n) is 4.70. The number of hydrogen-bond donors (Lipinski definition) is 1. The molecular weight excluding hydrogens is 326 g/mol. The quantitative estimate of drug-likeness (QED) is 0.788. The average molecular weight is 341 g/mol. The normalized spacial score (nSPS) is 17.8. The molecule has 118 valence electrons. The maximum Gasteiger partial charge on any atom is 0.255 e. The van der Waals surface area contributed by atoms with Gasteiger partial charge in [-0.3, -0.25) is 4.79 Å². The molecule has 1 unspecified atom stereocenters. The molecule has 3 rings (SSSR count). The molecule has 1 amide bonds. The van der Waals surface area contributed by atoms with Crippen LogP contribution in [0, 0.1) is 6.92 Å². The lowest BCUT2D eigenvalue weighted by Crippen LogP contribution is -2.25. The molecule has 22 heavy (non-hydrogen) atoms. The van der Waals surface area contributed by atoms with E-state index in [0.717, 1.165) is 28.8 Å². The summed E-state index contributed by atoms with van der Waals surface area (Å²) in [5.41, 5.74) is 0. The van der Waals surface area contributed by atoms with E-state index < -0.39 is 0 Å². The molecule has 10 heteroatoms. The van der Waals surface area contributed by atoms with Gasteiger partial charge in [0, 0.05) is 6.61 Å². The Kier molecular flexibility index (Phi) is 5.01. The van der Waals surface area contributed by atoms with Gasteiger partial charge in [-0.05, 0) is 19.8 Å². The summed E-state index contributed by atoms with van der Waals surface area (Å²) in [6.45, 7) is 2.84. The third-order valence-electron chi connectivity index (χ3n) is 2.97. The Labute approximate surface area is 135 Å². The maximum absolute atomic E-state index is 11.8. The summed E-state index contributed by atoms with van der Waals surface area (Å²) in [6.07, 6.45) is 1.79. The molecule has 0 saturated carbocycles. The van der Waals surface area contributed by atoms with Crippen LogP contribution in [-0.2, 0) is 16.1 Å². The molecule has 1 aliphatic rings. The van der Waals surface area contributed by atoms with Crippen molar-refractivity contribution in [2.45, 2.75) is 36.8 Å². The molecule has 3 heterocycles. The molecule has 1 aliphatic heterocycles. The molecule has 1 N–H and O–H groups in total. The number of ether oxygens (including phenoxy) is 1. The number of carbonyl (C=O) groups excluding carboxylic acids is 1. The molecule has 1 saturated heterocycles. The van der Waals surface area contributed by atoms with Gasteiger partial charge in [-0.1, -0.05) is 28.3 Å². The number of hydrogen-bond acceptors (Lipinski definition) is 9. The van der Waals surface area contributed by atoms with Crippen molar-refractivity contribution in [1.82, 2.24) is 25.7 Å². The summed E-state index contributed by atoms with van der Waals surface area (Å²) < 4.78 is 11.4. The summed E-state index contributed by atoms with van der Waals surface area (Å²) in [5.74, 6) is 1.11. The molecule has 0 spiro atoms. The molecule has 0 radical (unpaired) electrons. The Morgan fingerprint density at radius 3 is 3.14 bits per heavy atom. The van der Waals surface area contributed by atoms with Crippen molar-refractivity contribution < 1.29 is 14.1 Å². The van der Waals surface area contributed by atoms with Crippen LogP contribution < -0.4 is 5.32 Å². The molecule has 0 aromatic carbocycles. The molecule has 2 aromatic rings. The second kappa shape index (κ2) is 7.16. The van der Waals surface area contributed by atoms with Crippen molar-refractivity contribution in [3.8, 4) is 0 Å². The van der Waals surface area contributed by atoms with Crippen molar-refractivity contribution in [2.75, 3.05) is 12.4 Å². The first kappa shape index (κ1) is 15.4. The van der Waals surface area contributed by atoms with Crippen LogP contribution in [-0.4, -0.2) is 38.6 Å². The fourth-order valence-electron chi connectivity index (χ4n) is 1.94. The van der Waals surface area contributed by atoms with E-state index in [4.69, 9.17) is 9.26 Å². The number of nitrogens with one attached hydrogen (secondary N) is 1. The number of amides is 1. The van der Waals surface area contributed by atoms with Gasteiger partial charge in [0.2, 0.25) is 5.91 Å². The van der Waals surface area contributed by atoms with E-state index in [-0.39, 0.29) is 24.3 Å². The van der Waals surface area contributed by atoms with Gasteiger partial charge in [-0.15, -0.1) is 10.2 Å². The number of thioether (sulfide) groups is 1. The topological polar surface area (TPSA) is 103 Å². The van der Waals surface area contributed by atoms with Crippen LogP contribution in [0.3, 0.4) is 0 Å². The molecule has 1 fully saturated rings. The minimum atomic E-state index is -0.110. The standard InChI is InChI=1S/C12H15N5O3S2/c1-7-15-16-12(22-7)21-6-10(18)13-5-9-14-11(20-17-9)8-3-2-4-19-8/h8H,2-6H2,1H3,(H,13,18). The van der Waals surface area contributed by atoms with Crippen LogP contribution in [0.4, 0.5) is 0 Å². The van der Waals surface area contributed by atoms with E-state index in [1.807, 2.05) is 6.92 Å². The number of rotatable bonds is 6. The van der Waals surface area contributed by atoms with Crippen LogP contribution in [0.2, 0.25) is 0 Å². The minimum absolute atomic E-state index is 0.104. The fourth-order valence-corrected chi connectivity index (χ4v) is 3.58. The number of nitrogens with zero attached hydrogens (tertiary/aromatic N) is 4. The lowest BCUT2D eigenvalue weighted by Gasteiger charge is -2.01. The average Bonchev–Trinajstić information content (AvgIpc) is 3.23.